The van der Waals surface area contributed by atoms with Gasteiger partial charge in [0.25, 0.3) is 0 Å². The normalized spacial score (nSPS) is 9.50. The molecule has 0 saturated heterocycles. The van der Waals surface area contributed by atoms with Crippen LogP contribution in [0.5, 0.6) is 5.75 Å². The minimum atomic E-state index is -0.948. The molecule has 0 unspecified atom stereocenters. The van der Waals surface area contributed by atoms with Crippen molar-refractivity contribution in [2.75, 3.05) is 7.11 Å². The molecule has 14 heavy (non-hydrogen) atoms. The molecule has 0 aliphatic carbocycles. The SMILES string of the molecule is COc1ccc(/C=C/C(=O)O)cc1.[K+]. The van der Waals surface area contributed by atoms with Crippen molar-refractivity contribution in [2.24, 2.45) is 0 Å². The second-order valence-electron chi connectivity index (χ2n) is 2.44. The minimum Gasteiger partial charge on any atom is -0.497 e. The van der Waals surface area contributed by atoms with Gasteiger partial charge in [0.1, 0.15) is 5.75 Å². The number of carbonyl (C=O) groups is 1. The third-order valence-electron chi connectivity index (χ3n) is 1.53. The molecule has 0 aromatic heterocycles. The zero-order valence-electron chi connectivity index (χ0n) is 8.23. The van der Waals surface area contributed by atoms with Crippen LogP contribution in [0.15, 0.2) is 30.3 Å². The van der Waals surface area contributed by atoms with Crippen molar-refractivity contribution in [2.45, 2.75) is 0 Å². The van der Waals surface area contributed by atoms with Gasteiger partial charge in [-0.1, -0.05) is 12.1 Å². The van der Waals surface area contributed by atoms with Crippen LogP contribution in [0.25, 0.3) is 6.08 Å². The van der Waals surface area contributed by atoms with E-state index in [2.05, 4.69) is 0 Å². The average molecular weight is 217 g/mol. The van der Waals surface area contributed by atoms with Gasteiger partial charge in [0.2, 0.25) is 0 Å². The van der Waals surface area contributed by atoms with Crippen LogP contribution in [0.4, 0.5) is 0 Å². The summed E-state index contributed by atoms with van der Waals surface area (Å²) in [4.78, 5) is 10.2. The Morgan fingerprint density at radius 1 is 1.36 bits per heavy atom. The van der Waals surface area contributed by atoms with Gasteiger partial charge in [0.05, 0.1) is 7.11 Å². The van der Waals surface area contributed by atoms with E-state index in [4.69, 9.17) is 9.84 Å². The fourth-order valence-electron chi connectivity index (χ4n) is 0.883. The van der Waals surface area contributed by atoms with Gasteiger partial charge in [-0.15, -0.1) is 0 Å². The standard InChI is InChI=1S/C10H10O3.K/c1-13-9-5-2-8(3-6-9)4-7-10(11)12;/h2-7H,1H3,(H,11,12);/q;+1/b7-4+;. The zero-order chi connectivity index (χ0) is 9.68. The molecular weight excluding hydrogens is 207 g/mol. The number of rotatable bonds is 3. The Kier molecular flexibility index (Phi) is 7.13. The van der Waals surface area contributed by atoms with Crippen molar-refractivity contribution in [1.82, 2.24) is 0 Å². The van der Waals surface area contributed by atoms with Gasteiger partial charge in [-0.05, 0) is 23.8 Å². The molecule has 68 valence electrons. The summed E-state index contributed by atoms with van der Waals surface area (Å²) >= 11 is 0. The van der Waals surface area contributed by atoms with Gasteiger partial charge < -0.3 is 9.84 Å². The van der Waals surface area contributed by atoms with Crippen molar-refractivity contribution in [3.8, 4) is 5.75 Å². The average Bonchev–Trinajstić information content (AvgIpc) is 2.15. The Labute approximate surface area is 125 Å². The number of hydrogen-bond acceptors (Lipinski definition) is 2. The monoisotopic (exact) mass is 217 g/mol. The Morgan fingerprint density at radius 2 is 1.93 bits per heavy atom. The van der Waals surface area contributed by atoms with E-state index in [9.17, 15) is 4.79 Å². The molecule has 0 spiro atoms. The Morgan fingerprint density at radius 3 is 2.36 bits per heavy atom. The van der Waals surface area contributed by atoms with E-state index >= 15 is 0 Å². The van der Waals surface area contributed by atoms with Crippen LogP contribution in [-0.4, -0.2) is 18.2 Å². The summed E-state index contributed by atoms with van der Waals surface area (Å²) in [5.41, 5.74) is 0.836. The molecule has 0 aliphatic rings. The molecule has 0 atom stereocenters. The summed E-state index contributed by atoms with van der Waals surface area (Å²) in [7, 11) is 1.59. The molecule has 1 aromatic carbocycles. The van der Waals surface area contributed by atoms with E-state index in [1.165, 1.54) is 6.08 Å². The van der Waals surface area contributed by atoms with Crippen molar-refractivity contribution >= 4 is 12.0 Å². The van der Waals surface area contributed by atoms with Crippen molar-refractivity contribution in [3.05, 3.63) is 35.9 Å². The van der Waals surface area contributed by atoms with Gasteiger partial charge in [0, 0.05) is 6.08 Å². The predicted molar refractivity (Wildman–Crippen MR) is 49.7 cm³/mol. The summed E-state index contributed by atoms with van der Waals surface area (Å²) in [5.74, 6) is -0.191. The van der Waals surface area contributed by atoms with Gasteiger partial charge in [0.15, 0.2) is 0 Å². The van der Waals surface area contributed by atoms with Crippen LogP contribution in [-0.2, 0) is 4.79 Å². The molecule has 0 aliphatic heterocycles. The summed E-state index contributed by atoms with van der Waals surface area (Å²) in [6, 6.07) is 7.14. The number of hydrogen-bond donors (Lipinski definition) is 1. The molecule has 0 bridgehead atoms. The molecule has 0 amide bonds. The van der Waals surface area contributed by atoms with Crippen molar-refractivity contribution < 1.29 is 66.0 Å². The Hall–Kier alpha value is -0.134. The van der Waals surface area contributed by atoms with E-state index in [-0.39, 0.29) is 51.4 Å². The van der Waals surface area contributed by atoms with Crippen molar-refractivity contribution in [1.29, 1.82) is 0 Å². The molecule has 3 nitrogen and oxygen atoms in total. The van der Waals surface area contributed by atoms with Crippen LogP contribution in [0.2, 0.25) is 0 Å². The van der Waals surface area contributed by atoms with Crippen molar-refractivity contribution in [3.63, 3.8) is 0 Å². The molecule has 1 aromatic rings. The van der Waals surface area contributed by atoms with Crippen LogP contribution < -0.4 is 56.1 Å². The van der Waals surface area contributed by atoms with Crippen LogP contribution in [0.1, 0.15) is 5.56 Å². The summed E-state index contributed by atoms with van der Waals surface area (Å²) in [6.45, 7) is 0. The third kappa shape index (κ3) is 4.93. The summed E-state index contributed by atoms with van der Waals surface area (Å²) in [6.07, 6.45) is 2.63. The number of ether oxygens (including phenoxy) is 1. The van der Waals surface area contributed by atoms with Gasteiger partial charge in [-0.2, -0.15) is 0 Å². The number of benzene rings is 1. The smallest absolute Gasteiger partial charge is 0.497 e. The van der Waals surface area contributed by atoms with E-state index in [0.717, 1.165) is 17.4 Å². The fraction of sp³-hybridized carbons (Fsp3) is 0.100. The van der Waals surface area contributed by atoms with Gasteiger partial charge >= 0.3 is 57.4 Å². The quantitative estimate of drug-likeness (QED) is 0.511. The molecule has 0 fully saturated rings. The Bertz CT molecular complexity index is 317. The van der Waals surface area contributed by atoms with E-state index in [1.807, 2.05) is 0 Å². The molecule has 0 saturated carbocycles. The number of carboxylic acid groups (broad SMARTS) is 1. The molecular formula is C10H10KO3+. The first-order valence-corrected chi connectivity index (χ1v) is 3.77. The van der Waals surface area contributed by atoms with Crippen LogP contribution >= 0.6 is 0 Å². The van der Waals surface area contributed by atoms with E-state index in [1.54, 1.807) is 31.4 Å². The minimum absolute atomic E-state index is 0. The number of methoxy groups -OCH3 is 1. The maximum atomic E-state index is 10.2. The van der Waals surface area contributed by atoms with Crippen LogP contribution in [0, 0.1) is 0 Å². The van der Waals surface area contributed by atoms with Gasteiger partial charge in [-0.3, -0.25) is 0 Å². The maximum absolute atomic E-state index is 10.2. The second kappa shape index (κ2) is 7.20. The largest absolute Gasteiger partial charge is 1.00 e. The number of carboxylic acids is 1. The first kappa shape index (κ1) is 13.9. The molecule has 4 heteroatoms. The topological polar surface area (TPSA) is 46.5 Å². The molecule has 1 rings (SSSR count). The maximum Gasteiger partial charge on any atom is 1.00 e. The molecule has 0 radical (unpaired) electrons. The summed E-state index contributed by atoms with van der Waals surface area (Å²) < 4.78 is 4.95. The molecule has 0 heterocycles. The predicted octanol–water partition coefficient (Wildman–Crippen LogP) is -1.20. The van der Waals surface area contributed by atoms with E-state index < -0.39 is 5.97 Å². The molecule has 1 N–H and O–H groups in total. The first-order chi connectivity index (χ1) is 6.22. The van der Waals surface area contributed by atoms with E-state index in [0.29, 0.717) is 0 Å². The number of aliphatic carboxylic acids is 1. The van der Waals surface area contributed by atoms with Gasteiger partial charge in [-0.25, -0.2) is 4.79 Å². The summed E-state index contributed by atoms with van der Waals surface area (Å²) in [5, 5.41) is 8.36. The third-order valence-corrected chi connectivity index (χ3v) is 1.53. The fourth-order valence-corrected chi connectivity index (χ4v) is 0.883. The first-order valence-electron chi connectivity index (χ1n) is 3.77. The second-order valence-corrected chi connectivity index (χ2v) is 2.44. The Balaban J connectivity index is 0.00000169. The zero-order valence-corrected chi connectivity index (χ0v) is 11.4. The van der Waals surface area contributed by atoms with Crippen LogP contribution in [0.3, 0.4) is 0 Å².